The summed E-state index contributed by atoms with van der Waals surface area (Å²) in [4.78, 5) is 72.4. The number of phosphoric acid groups is 2. The van der Waals surface area contributed by atoms with Crippen LogP contribution in [0.2, 0.25) is 0 Å². The van der Waals surface area contributed by atoms with E-state index >= 15 is 0 Å². The fourth-order valence-corrected chi connectivity index (χ4v) is 11.9. The topological polar surface area (TPSA) is 237 Å². The first-order valence-corrected chi connectivity index (χ1v) is 38.9. The zero-order valence-electron chi connectivity index (χ0n) is 57.2. The lowest BCUT2D eigenvalue weighted by molar-refractivity contribution is -0.161. The fourth-order valence-electron chi connectivity index (χ4n) is 10.3. The van der Waals surface area contributed by atoms with Crippen LogP contribution in [0.25, 0.3) is 0 Å². The van der Waals surface area contributed by atoms with Gasteiger partial charge in [0.1, 0.15) is 19.3 Å². The summed E-state index contributed by atoms with van der Waals surface area (Å²) in [5, 5.41) is 10.6. The molecule has 0 saturated carbocycles. The first-order chi connectivity index (χ1) is 42.3. The lowest BCUT2D eigenvalue weighted by Gasteiger charge is -2.21. The van der Waals surface area contributed by atoms with Crippen LogP contribution in [0.1, 0.15) is 344 Å². The van der Waals surface area contributed by atoms with Gasteiger partial charge in [-0.25, -0.2) is 9.13 Å². The van der Waals surface area contributed by atoms with E-state index in [0.29, 0.717) is 25.7 Å². The quantitative estimate of drug-likeness (QED) is 0.0222. The maximum absolute atomic E-state index is 13.0. The summed E-state index contributed by atoms with van der Waals surface area (Å²) < 4.78 is 68.2. The molecule has 0 saturated heterocycles. The third kappa shape index (κ3) is 61.6. The average molecular weight is 1300 g/mol. The maximum atomic E-state index is 13.0. The van der Waals surface area contributed by atoms with Gasteiger partial charge in [-0.15, -0.1) is 0 Å². The van der Waals surface area contributed by atoms with E-state index in [2.05, 4.69) is 48.5 Å². The summed E-state index contributed by atoms with van der Waals surface area (Å²) in [5.41, 5.74) is 0. The van der Waals surface area contributed by atoms with Gasteiger partial charge in [-0.1, -0.05) is 292 Å². The second kappa shape index (κ2) is 60.0. The highest BCUT2D eigenvalue weighted by molar-refractivity contribution is 7.47. The second-order valence-corrected chi connectivity index (χ2v) is 29.0. The van der Waals surface area contributed by atoms with Crippen LogP contribution in [-0.2, 0) is 65.4 Å². The Bertz CT molecular complexity index is 1730. The van der Waals surface area contributed by atoms with E-state index in [1.165, 1.54) is 154 Å². The van der Waals surface area contributed by atoms with Crippen molar-refractivity contribution in [2.24, 2.45) is 17.8 Å². The summed E-state index contributed by atoms with van der Waals surface area (Å²) in [5.74, 6) is 0.134. The minimum Gasteiger partial charge on any atom is -0.462 e. The van der Waals surface area contributed by atoms with Gasteiger partial charge in [0.25, 0.3) is 0 Å². The molecule has 522 valence electrons. The molecular formula is C69H134O17P2. The van der Waals surface area contributed by atoms with Gasteiger partial charge in [0.2, 0.25) is 0 Å². The van der Waals surface area contributed by atoms with Crippen molar-refractivity contribution in [3.8, 4) is 0 Å². The molecule has 0 radical (unpaired) electrons. The minimum atomic E-state index is -4.95. The van der Waals surface area contributed by atoms with Gasteiger partial charge in [0, 0.05) is 25.7 Å². The van der Waals surface area contributed by atoms with Crippen molar-refractivity contribution in [3.63, 3.8) is 0 Å². The predicted molar refractivity (Wildman–Crippen MR) is 354 cm³/mol. The molecule has 0 fully saturated rings. The Hall–Kier alpha value is -1.94. The molecule has 0 aliphatic carbocycles. The molecule has 19 heteroatoms. The van der Waals surface area contributed by atoms with Crippen molar-refractivity contribution < 1.29 is 80.2 Å². The molecule has 0 spiro atoms. The van der Waals surface area contributed by atoms with E-state index in [-0.39, 0.29) is 25.7 Å². The van der Waals surface area contributed by atoms with Crippen molar-refractivity contribution >= 4 is 39.5 Å². The molecule has 0 aromatic heterocycles. The van der Waals surface area contributed by atoms with Crippen molar-refractivity contribution in [1.82, 2.24) is 0 Å². The van der Waals surface area contributed by atoms with Crippen LogP contribution in [-0.4, -0.2) is 96.7 Å². The number of aliphatic hydroxyl groups excluding tert-OH is 1. The number of unbranched alkanes of at least 4 members (excludes halogenated alkanes) is 34. The third-order valence-electron chi connectivity index (χ3n) is 16.2. The van der Waals surface area contributed by atoms with Crippen LogP contribution in [0, 0.1) is 17.8 Å². The second-order valence-electron chi connectivity index (χ2n) is 26.1. The molecule has 3 unspecified atom stereocenters. The Morgan fingerprint density at radius 1 is 0.330 bits per heavy atom. The van der Waals surface area contributed by atoms with Crippen LogP contribution in [0.5, 0.6) is 0 Å². The molecule has 88 heavy (non-hydrogen) atoms. The van der Waals surface area contributed by atoms with Crippen molar-refractivity contribution in [2.45, 2.75) is 362 Å². The van der Waals surface area contributed by atoms with Crippen LogP contribution < -0.4 is 0 Å². The molecule has 0 bridgehead atoms. The van der Waals surface area contributed by atoms with E-state index in [9.17, 15) is 43.2 Å². The lowest BCUT2D eigenvalue weighted by atomic mass is 10.00. The molecule has 6 atom stereocenters. The SMILES string of the molecule is CCCCCCCCCCCC(=O)OC[C@H](COP(=O)(O)OC[C@H](O)COP(=O)(O)OC[C@@H](COC(=O)CCCCCCCCCCCCC(C)C)OC(=O)CCCCCCCCCCCCCCCC(C)C)OC(=O)CCCCCCCCC(C)CC. The Labute approximate surface area is 537 Å². The first-order valence-electron chi connectivity index (χ1n) is 35.9. The van der Waals surface area contributed by atoms with Gasteiger partial charge in [-0.05, 0) is 43.4 Å². The number of phosphoric ester groups is 2. The predicted octanol–water partition coefficient (Wildman–Crippen LogP) is 19.5. The molecule has 17 nitrogen and oxygen atoms in total. The van der Waals surface area contributed by atoms with Crippen LogP contribution in [0.15, 0.2) is 0 Å². The first kappa shape index (κ1) is 86.1. The normalized spacial score (nSPS) is 14.5. The number of carbonyl (C=O) groups excluding carboxylic acids is 4. The molecule has 0 aliphatic heterocycles. The Morgan fingerprint density at radius 3 is 0.864 bits per heavy atom. The summed E-state index contributed by atoms with van der Waals surface area (Å²) >= 11 is 0. The molecule has 0 heterocycles. The third-order valence-corrected chi connectivity index (χ3v) is 18.1. The molecule has 3 N–H and O–H groups in total. The van der Waals surface area contributed by atoms with E-state index in [1.807, 2.05) is 0 Å². The lowest BCUT2D eigenvalue weighted by Crippen LogP contribution is -2.30. The van der Waals surface area contributed by atoms with Gasteiger partial charge in [-0.3, -0.25) is 37.3 Å². The van der Waals surface area contributed by atoms with E-state index in [1.54, 1.807) is 0 Å². The van der Waals surface area contributed by atoms with E-state index in [4.69, 9.17) is 37.0 Å². The molecule has 0 aliphatic rings. The highest BCUT2D eigenvalue weighted by Crippen LogP contribution is 2.45. The molecule has 0 aromatic carbocycles. The average Bonchev–Trinajstić information content (AvgIpc) is 3.57. The van der Waals surface area contributed by atoms with Crippen LogP contribution in [0.4, 0.5) is 0 Å². The van der Waals surface area contributed by atoms with Crippen LogP contribution >= 0.6 is 15.6 Å². The number of ether oxygens (including phenoxy) is 4. The van der Waals surface area contributed by atoms with Gasteiger partial charge >= 0.3 is 39.5 Å². The standard InChI is InChI=1S/C69H134O17P2/c1-8-10-11-12-13-21-28-36-43-50-66(71)79-57-65(86-69(74)53-46-39-32-31-35-42-49-62(7)9-2)59-84-88(77,78)82-55-63(70)54-81-87(75,76)83-58-64(56-80-67(72)51-44-37-29-24-20-19-23-27-34-41-48-61(5)6)85-68(73)52-45-38-30-25-18-16-14-15-17-22-26-33-40-47-60(3)4/h60-65,70H,8-59H2,1-7H3,(H,75,76)(H,77,78)/t62?,63-,64-,65-/m1/s1. The molecule has 0 aromatic rings. The largest absolute Gasteiger partial charge is 0.472 e. The number of carbonyl (C=O) groups is 4. The van der Waals surface area contributed by atoms with Gasteiger partial charge in [-0.2, -0.15) is 0 Å². The Balaban J connectivity index is 5.24. The summed E-state index contributed by atoms with van der Waals surface area (Å²) in [6.45, 7) is 11.8. The van der Waals surface area contributed by atoms with Crippen LogP contribution in [0.3, 0.4) is 0 Å². The Morgan fingerprint density at radius 2 is 0.580 bits per heavy atom. The summed E-state index contributed by atoms with van der Waals surface area (Å²) in [6, 6.07) is 0. The number of aliphatic hydroxyl groups is 1. The zero-order valence-corrected chi connectivity index (χ0v) is 59.0. The van der Waals surface area contributed by atoms with Gasteiger partial charge in [0.05, 0.1) is 26.4 Å². The Kier molecular flexibility index (Phi) is 58.7. The number of rotatable bonds is 67. The molecular weight excluding hydrogens is 1160 g/mol. The highest BCUT2D eigenvalue weighted by Gasteiger charge is 2.30. The smallest absolute Gasteiger partial charge is 0.462 e. The number of esters is 4. The molecule has 0 rings (SSSR count). The number of hydrogen-bond acceptors (Lipinski definition) is 15. The monoisotopic (exact) mass is 1300 g/mol. The van der Waals surface area contributed by atoms with Gasteiger partial charge < -0.3 is 33.8 Å². The molecule has 0 amide bonds. The van der Waals surface area contributed by atoms with E-state index < -0.39 is 97.5 Å². The van der Waals surface area contributed by atoms with Crippen molar-refractivity contribution in [1.29, 1.82) is 0 Å². The zero-order chi connectivity index (χ0) is 65.2. The minimum absolute atomic E-state index is 0.103. The highest BCUT2D eigenvalue weighted by atomic mass is 31.2. The number of hydrogen-bond donors (Lipinski definition) is 3. The van der Waals surface area contributed by atoms with Gasteiger partial charge in [0.15, 0.2) is 12.2 Å². The van der Waals surface area contributed by atoms with Crippen molar-refractivity contribution in [3.05, 3.63) is 0 Å². The maximum Gasteiger partial charge on any atom is 0.472 e. The van der Waals surface area contributed by atoms with Crippen molar-refractivity contribution in [2.75, 3.05) is 39.6 Å². The van der Waals surface area contributed by atoms with E-state index in [0.717, 1.165) is 108 Å². The summed E-state index contributed by atoms with van der Waals surface area (Å²) in [6.07, 6.45) is 43.1. The summed E-state index contributed by atoms with van der Waals surface area (Å²) in [7, 11) is -9.90. The fraction of sp³-hybridized carbons (Fsp3) is 0.942.